The fraction of sp³-hybridized carbons (Fsp3) is 0.231. The Hall–Kier alpha value is -4.32. The molecule has 0 aliphatic rings. The number of carbonyl (C=O) groups excluding carboxylic acids is 2. The molecule has 198 valence electrons. The lowest BCUT2D eigenvalue weighted by Gasteiger charge is -2.20. The Kier molecular flexibility index (Phi) is 6.94. The van der Waals surface area contributed by atoms with E-state index in [0.29, 0.717) is 22.3 Å². The lowest BCUT2D eigenvalue weighted by molar-refractivity contribution is 0.0528. The molecule has 4 rings (SSSR count). The molecule has 0 atom stereocenters. The quantitative estimate of drug-likeness (QED) is 0.337. The SMILES string of the molecule is CCOC(=O)c1cc(-c2ccc(S(=O)(=O)Nc3ccc(C(N)=O)cc3F)cc2)nc2c1cnn2C(C)(C)C. The maximum absolute atomic E-state index is 14.3. The molecular weight excluding hydrogens is 513 g/mol. The maximum atomic E-state index is 14.3. The Morgan fingerprint density at radius 3 is 2.37 bits per heavy atom. The number of benzene rings is 2. The fourth-order valence-electron chi connectivity index (χ4n) is 3.78. The lowest BCUT2D eigenvalue weighted by Crippen LogP contribution is -2.23. The van der Waals surface area contributed by atoms with Gasteiger partial charge in [-0.3, -0.25) is 9.52 Å². The van der Waals surface area contributed by atoms with Crippen LogP contribution in [0.15, 0.2) is 59.6 Å². The number of primary amides is 1. The number of halogens is 1. The number of amides is 1. The number of nitrogens with one attached hydrogen (secondary N) is 1. The van der Waals surface area contributed by atoms with Crippen LogP contribution < -0.4 is 10.5 Å². The predicted octanol–water partition coefficient (Wildman–Crippen LogP) is 4.07. The highest BCUT2D eigenvalue weighted by molar-refractivity contribution is 7.92. The Morgan fingerprint density at radius 2 is 1.79 bits per heavy atom. The van der Waals surface area contributed by atoms with Crippen LogP contribution in [0.1, 0.15) is 48.4 Å². The Balaban J connectivity index is 1.72. The largest absolute Gasteiger partial charge is 0.462 e. The van der Waals surface area contributed by atoms with Gasteiger partial charge in [0.25, 0.3) is 10.0 Å². The first-order valence-corrected chi connectivity index (χ1v) is 13.1. The summed E-state index contributed by atoms with van der Waals surface area (Å²) in [5, 5.41) is 4.95. The first kappa shape index (κ1) is 26.7. The van der Waals surface area contributed by atoms with E-state index < -0.39 is 33.3 Å². The highest BCUT2D eigenvalue weighted by Gasteiger charge is 2.24. The van der Waals surface area contributed by atoms with Crippen LogP contribution in [0.25, 0.3) is 22.3 Å². The Morgan fingerprint density at radius 1 is 1.11 bits per heavy atom. The van der Waals surface area contributed by atoms with Gasteiger partial charge in [-0.1, -0.05) is 12.1 Å². The minimum atomic E-state index is -4.16. The highest BCUT2D eigenvalue weighted by atomic mass is 32.2. The van der Waals surface area contributed by atoms with Crippen molar-refractivity contribution in [2.75, 3.05) is 11.3 Å². The molecule has 0 saturated heterocycles. The summed E-state index contributed by atoms with van der Waals surface area (Å²) in [7, 11) is -4.16. The van der Waals surface area contributed by atoms with E-state index in [1.54, 1.807) is 23.9 Å². The summed E-state index contributed by atoms with van der Waals surface area (Å²) in [4.78, 5) is 28.5. The topological polar surface area (TPSA) is 146 Å². The van der Waals surface area contributed by atoms with Crippen molar-refractivity contribution in [3.63, 3.8) is 0 Å². The van der Waals surface area contributed by atoms with Crippen molar-refractivity contribution in [3.8, 4) is 11.3 Å². The molecule has 10 nitrogen and oxygen atoms in total. The van der Waals surface area contributed by atoms with Crippen LogP contribution in [0.3, 0.4) is 0 Å². The molecule has 3 N–H and O–H groups in total. The second-order valence-corrected chi connectivity index (χ2v) is 11.1. The van der Waals surface area contributed by atoms with E-state index >= 15 is 0 Å². The number of sulfonamides is 1. The molecule has 4 aromatic rings. The van der Waals surface area contributed by atoms with E-state index in [0.717, 1.165) is 12.1 Å². The third-order valence-electron chi connectivity index (χ3n) is 5.63. The number of rotatable bonds is 7. The average molecular weight is 540 g/mol. The van der Waals surface area contributed by atoms with Gasteiger partial charge in [0.15, 0.2) is 5.65 Å². The van der Waals surface area contributed by atoms with Crippen LogP contribution >= 0.6 is 0 Å². The molecule has 0 aliphatic carbocycles. The van der Waals surface area contributed by atoms with Crippen LogP contribution in [0.5, 0.6) is 0 Å². The van der Waals surface area contributed by atoms with E-state index in [4.69, 9.17) is 15.5 Å². The molecule has 0 fully saturated rings. The second-order valence-electron chi connectivity index (χ2n) is 9.43. The third kappa shape index (κ3) is 5.21. The lowest BCUT2D eigenvalue weighted by atomic mass is 10.1. The summed E-state index contributed by atoms with van der Waals surface area (Å²) in [5.41, 5.74) is 6.00. The van der Waals surface area contributed by atoms with Crippen LogP contribution in [-0.2, 0) is 20.3 Å². The zero-order valence-corrected chi connectivity index (χ0v) is 22.0. The van der Waals surface area contributed by atoms with Gasteiger partial charge in [-0.2, -0.15) is 5.10 Å². The van der Waals surface area contributed by atoms with Gasteiger partial charge in [-0.15, -0.1) is 0 Å². The minimum absolute atomic E-state index is 0.0886. The van der Waals surface area contributed by atoms with Gasteiger partial charge in [0, 0.05) is 11.1 Å². The summed E-state index contributed by atoms with van der Waals surface area (Å²) in [6.45, 7) is 7.76. The summed E-state index contributed by atoms with van der Waals surface area (Å²) in [6.07, 6.45) is 1.57. The van der Waals surface area contributed by atoms with Crippen LogP contribution in [0, 0.1) is 5.82 Å². The monoisotopic (exact) mass is 539 g/mol. The van der Waals surface area contributed by atoms with E-state index in [1.165, 1.54) is 30.3 Å². The number of fused-ring (bicyclic) bond motifs is 1. The normalized spacial score (nSPS) is 11.9. The summed E-state index contributed by atoms with van der Waals surface area (Å²) in [5.74, 6) is -2.30. The van der Waals surface area contributed by atoms with Crippen molar-refractivity contribution in [1.82, 2.24) is 14.8 Å². The number of ether oxygens (including phenoxy) is 1. The van der Waals surface area contributed by atoms with E-state index in [1.807, 2.05) is 20.8 Å². The van der Waals surface area contributed by atoms with Crippen molar-refractivity contribution in [2.24, 2.45) is 5.73 Å². The number of esters is 1. The van der Waals surface area contributed by atoms with Crippen molar-refractivity contribution < 1.29 is 27.1 Å². The Bertz CT molecular complexity index is 1660. The van der Waals surface area contributed by atoms with Crippen molar-refractivity contribution in [1.29, 1.82) is 0 Å². The summed E-state index contributed by atoms with van der Waals surface area (Å²) in [6, 6.07) is 10.5. The molecule has 38 heavy (non-hydrogen) atoms. The van der Waals surface area contributed by atoms with Crippen LogP contribution in [0.2, 0.25) is 0 Å². The first-order chi connectivity index (χ1) is 17.8. The molecule has 12 heteroatoms. The number of pyridine rings is 1. The highest BCUT2D eigenvalue weighted by Crippen LogP contribution is 2.29. The van der Waals surface area contributed by atoms with Crippen molar-refractivity contribution >= 4 is 38.6 Å². The predicted molar refractivity (Wildman–Crippen MR) is 140 cm³/mol. The van der Waals surface area contributed by atoms with Gasteiger partial charge in [-0.25, -0.2) is 27.3 Å². The zero-order valence-electron chi connectivity index (χ0n) is 21.1. The molecular formula is C26H26FN5O5S. The van der Waals surface area contributed by atoms with Gasteiger partial charge in [0.2, 0.25) is 5.91 Å². The summed E-state index contributed by atoms with van der Waals surface area (Å²) >= 11 is 0. The molecule has 0 unspecified atom stereocenters. The summed E-state index contributed by atoms with van der Waals surface area (Å²) < 4.78 is 49.2. The van der Waals surface area contributed by atoms with Crippen molar-refractivity contribution in [3.05, 3.63) is 71.7 Å². The zero-order chi connectivity index (χ0) is 27.8. The standard InChI is InChI=1S/C26H26FN5O5S/c1-5-37-25(34)18-13-22(30-24-19(18)14-29-32(24)26(2,3)4)15-6-9-17(10-7-15)38(35,36)31-21-11-8-16(23(28)33)12-20(21)27/h6-14,31H,5H2,1-4H3,(H2,28,33). The second kappa shape index (κ2) is 9.86. The van der Waals surface area contributed by atoms with E-state index in [-0.39, 0.29) is 28.3 Å². The van der Waals surface area contributed by atoms with Crippen LogP contribution in [0.4, 0.5) is 10.1 Å². The Labute approximate surface area is 218 Å². The van der Waals surface area contributed by atoms with Gasteiger partial charge in [-0.05, 0) is 64.1 Å². The maximum Gasteiger partial charge on any atom is 0.339 e. The molecule has 0 radical (unpaired) electrons. The minimum Gasteiger partial charge on any atom is -0.462 e. The molecule has 2 heterocycles. The molecule has 0 saturated carbocycles. The molecule has 2 aromatic carbocycles. The average Bonchev–Trinajstić information content (AvgIpc) is 3.29. The van der Waals surface area contributed by atoms with Gasteiger partial charge < -0.3 is 10.5 Å². The van der Waals surface area contributed by atoms with E-state index in [2.05, 4.69) is 9.82 Å². The first-order valence-electron chi connectivity index (χ1n) is 11.6. The molecule has 0 aliphatic heterocycles. The molecule has 1 amide bonds. The number of carbonyl (C=O) groups is 2. The number of anilines is 1. The van der Waals surface area contributed by atoms with Crippen molar-refractivity contribution in [2.45, 2.75) is 38.1 Å². The number of nitrogens with zero attached hydrogens (tertiary/aromatic N) is 3. The van der Waals surface area contributed by atoms with Gasteiger partial charge >= 0.3 is 5.97 Å². The fourth-order valence-corrected chi connectivity index (χ4v) is 4.84. The smallest absolute Gasteiger partial charge is 0.339 e. The molecule has 0 bridgehead atoms. The number of hydrogen-bond donors (Lipinski definition) is 2. The molecule has 2 aromatic heterocycles. The molecule has 0 spiro atoms. The third-order valence-corrected chi connectivity index (χ3v) is 7.01. The number of hydrogen-bond acceptors (Lipinski definition) is 7. The number of aromatic nitrogens is 3. The number of nitrogens with two attached hydrogens (primary N) is 1. The van der Waals surface area contributed by atoms with Gasteiger partial charge in [0.1, 0.15) is 5.82 Å². The van der Waals surface area contributed by atoms with E-state index in [9.17, 15) is 22.4 Å². The van der Waals surface area contributed by atoms with Gasteiger partial charge in [0.05, 0.1) is 45.6 Å². The van der Waals surface area contributed by atoms with Crippen LogP contribution in [-0.4, -0.2) is 41.7 Å².